The molecule has 0 saturated heterocycles. The number of hydrazone groups is 2. The molecular formula is C19H24N6S. The zero-order chi connectivity index (χ0) is 18.9. The Kier molecular flexibility index (Phi) is 7.11. The van der Waals surface area contributed by atoms with Crippen LogP contribution in [0.3, 0.4) is 0 Å². The molecule has 0 spiro atoms. The lowest BCUT2D eigenvalue weighted by molar-refractivity contribution is 0.934. The summed E-state index contributed by atoms with van der Waals surface area (Å²) in [6.07, 6.45) is 3.41. The third kappa shape index (κ3) is 6.18. The van der Waals surface area contributed by atoms with Gasteiger partial charge in [-0.05, 0) is 47.6 Å². The summed E-state index contributed by atoms with van der Waals surface area (Å²) in [6, 6.07) is 16.1. The van der Waals surface area contributed by atoms with Gasteiger partial charge in [-0.25, -0.2) is 0 Å². The molecule has 26 heavy (non-hydrogen) atoms. The fourth-order valence-corrected chi connectivity index (χ4v) is 2.18. The topological polar surface area (TPSA) is 55.3 Å². The monoisotopic (exact) mass is 368 g/mol. The maximum absolute atomic E-state index is 5.13. The average Bonchev–Trinajstić information content (AvgIpc) is 2.62. The van der Waals surface area contributed by atoms with E-state index in [1.165, 1.54) is 0 Å². The normalized spacial score (nSPS) is 10.9. The van der Waals surface area contributed by atoms with Crippen molar-refractivity contribution >= 4 is 41.1 Å². The molecule has 2 aromatic carbocycles. The number of thiocarbonyl (C=S) groups is 1. The second kappa shape index (κ2) is 9.53. The van der Waals surface area contributed by atoms with Crippen LogP contribution in [0.15, 0.2) is 58.7 Å². The lowest BCUT2D eigenvalue weighted by Crippen LogP contribution is -2.28. The second-order valence-corrected chi connectivity index (χ2v) is 6.45. The van der Waals surface area contributed by atoms with Crippen LogP contribution >= 0.6 is 12.2 Å². The quantitative estimate of drug-likeness (QED) is 0.466. The summed E-state index contributed by atoms with van der Waals surface area (Å²) in [5.41, 5.74) is 9.72. The predicted octanol–water partition coefficient (Wildman–Crippen LogP) is 2.65. The van der Waals surface area contributed by atoms with Gasteiger partial charge < -0.3 is 9.80 Å². The van der Waals surface area contributed by atoms with E-state index in [0.717, 1.165) is 22.5 Å². The molecule has 0 amide bonds. The van der Waals surface area contributed by atoms with Crippen molar-refractivity contribution < 1.29 is 0 Å². The van der Waals surface area contributed by atoms with E-state index in [0.29, 0.717) is 5.11 Å². The number of nitrogens with one attached hydrogen (secondary N) is 2. The largest absolute Gasteiger partial charge is 0.378 e. The fourth-order valence-electron chi connectivity index (χ4n) is 2.07. The number of anilines is 2. The Balaban J connectivity index is 1.79. The van der Waals surface area contributed by atoms with E-state index in [9.17, 15) is 0 Å². The van der Waals surface area contributed by atoms with Crippen LogP contribution < -0.4 is 20.7 Å². The van der Waals surface area contributed by atoms with Crippen LogP contribution in [0.1, 0.15) is 11.1 Å². The highest BCUT2D eigenvalue weighted by molar-refractivity contribution is 7.80. The fraction of sp³-hybridized carbons (Fsp3) is 0.211. The van der Waals surface area contributed by atoms with Crippen molar-refractivity contribution in [3.8, 4) is 0 Å². The van der Waals surface area contributed by atoms with Gasteiger partial charge in [-0.3, -0.25) is 10.9 Å². The van der Waals surface area contributed by atoms with Crippen LogP contribution in [0, 0.1) is 0 Å². The summed E-state index contributed by atoms with van der Waals surface area (Å²) >= 11 is 5.13. The average molecular weight is 369 g/mol. The predicted molar refractivity (Wildman–Crippen MR) is 116 cm³/mol. The van der Waals surface area contributed by atoms with E-state index in [4.69, 9.17) is 12.2 Å². The van der Waals surface area contributed by atoms with Crippen molar-refractivity contribution in [1.82, 2.24) is 10.9 Å². The molecule has 6 nitrogen and oxygen atoms in total. The highest BCUT2D eigenvalue weighted by Crippen LogP contribution is 2.11. The molecule has 0 aromatic heterocycles. The number of hydrogen-bond acceptors (Lipinski definition) is 5. The summed E-state index contributed by atoms with van der Waals surface area (Å²) in [4.78, 5) is 4.09. The number of hydrogen-bond donors (Lipinski definition) is 2. The van der Waals surface area contributed by atoms with E-state index >= 15 is 0 Å². The van der Waals surface area contributed by atoms with Gasteiger partial charge in [0.25, 0.3) is 0 Å². The molecule has 2 rings (SSSR count). The molecule has 0 atom stereocenters. The summed E-state index contributed by atoms with van der Waals surface area (Å²) in [5, 5.41) is 8.53. The molecule has 0 radical (unpaired) electrons. The molecule has 0 aliphatic carbocycles. The molecule has 0 saturated carbocycles. The van der Waals surface area contributed by atoms with Crippen LogP contribution in [0.4, 0.5) is 11.4 Å². The van der Waals surface area contributed by atoms with Gasteiger partial charge in [0, 0.05) is 39.6 Å². The molecule has 7 heteroatoms. The van der Waals surface area contributed by atoms with E-state index in [2.05, 4.69) is 21.1 Å². The minimum atomic E-state index is 0.326. The van der Waals surface area contributed by atoms with E-state index in [1.54, 1.807) is 12.4 Å². The molecule has 0 unspecified atom stereocenters. The second-order valence-electron chi connectivity index (χ2n) is 6.04. The molecule has 0 fully saturated rings. The summed E-state index contributed by atoms with van der Waals surface area (Å²) < 4.78 is 0. The van der Waals surface area contributed by atoms with Gasteiger partial charge >= 0.3 is 0 Å². The molecule has 0 heterocycles. The smallest absolute Gasteiger partial charge is 0.207 e. The van der Waals surface area contributed by atoms with Crippen molar-refractivity contribution in [3.63, 3.8) is 0 Å². The molecule has 0 bridgehead atoms. The van der Waals surface area contributed by atoms with E-state index < -0.39 is 0 Å². The first-order valence-electron chi connectivity index (χ1n) is 8.12. The lowest BCUT2D eigenvalue weighted by Gasteiger charge is -2.11. The summed E-state index contributed by atoms with van der Waals surface area (Å²) in [7, 11) is 8.02. The van der Waals surface area contributed by atoms with Crippen LogP contribution in [0.25, 0.3) is 0 Å². The van der Waals surface area contributed by atoms with E-state index in [-0.39, 0.29) is 0 Å². The number of rotatable bonds is 6. The molecule has 0 aliphatic rings. The first-order valence-corrected chi connectivity index (χ1v) is 8.53. The van der Waals surface area contributed by atoms with Gasteiger partial charge in [0.15, 0.2) is 0 Å². The van der Waals surface area contributed by atoms with E-state index in [1.807, 2.05) is 86.5 Å². The maximum atomic E-state index is 5.13. The van der Waals surface area contributed by atoms with Crippen LogP contribution in [0.5, 0.6) is 0 Å². The van der Waals surface area contributed by atoms with Crippen LogP contribution in [-0.4, -0.2) is 45.7 Å². The highest BCUT2D eigenvalue weighted by Gasteiger charge is 1.95. The van der Waals surface area contributed by atoms with Gasteiger partial charge in [0.2, 0.25) is 5.11 Å². The van der Waals surface area contributed by atoms with Gasteiger partial charge in [-0.1, -0.05) is 24.3 Å². The maximum Gasteiger partial charge on any atom is 0.207 e. The van der Waals surface area contributed by atoms with Gasteiger partial charge in [-0.15, -0.1) is 0 Å². The zero-order valence-electron chi connectivity index (χ0n) is 15.5. The Labute approximate surface area is 160 Å². The van der Waals surface area contributed by atoms with Crippen LogP contribution in [0.2, 0.25) is 0 Å². The zero-order valence-corrected chi connectivity index (χ0v) is 16.3. The van der Waals surface area contributed by atoms with Crippen molar-refractivity contribution in [2.24, 2.45) is 10.2 Å². The Bertz CT molecular complexity index is 698. The highest BCUT2D eigenvalue weighted by atomic mass is 32.1. The molecular weight excluding hydrogens is 344 g/mol. The lowest BCUT2D eigenvalue weighted by atomic mass is 10.2. The Hall–Kier alpha value is -2.93. The van der Waals surface area contributed by atoms with Crippen molar-refractivity contribution in [2.75, 3.05) is 38.0 Å². The number of benzene rings is 2. The molecule has 2 aromatic rings. The van der Waals surface area contributed by atoms with Gasteiger partial charge in [-0.2, -0.15) is 10.2 Å². The molecule has 136 valence electrons. The first kappa shape index (κ1) is 19.4. The Morgan fingerprint density at radius 2 is 1.08 bits per heavy atom. The standard InChI is InChI=1S/C19H24N6S/c1-24(2)17-9-5-15(6-10-17)13-20-22-19(26)23-21-14-16-7-11-18(12-8-16)25(3)4/h5-14H,1-4H3,(H2,22,23,26)/b20-13+,21-14+. The Morgan fingerprint density at radius 1 is 0.731 bits per heavy atom. The van der Waals surface area contributed by atoms with Gasteiger partial charge in [0.1, 0.15) is 0 Å². The van der Waals surface area contributed by atoms with Crippen molar-refractivity contribution in [3.05, 3.63) is 59.7 Å². The minimum Gasteiger partial charge on any atom is -0.378 e. The number of nitrogens with zero attached hydrogens (tertiary/aromatic N) is 4. The van der Waals surface area contributed by atoms with Gasteiger partial charge in [0.05, 0.1) is 12.4 Å². The Morgan fingerprint density at radius 3 is 1.38 bits per heavy atom. The minimum absolute atomic E-state index is 0.326. The SMILES string of the molecule is CN(C)c1ccc(/C=N/NC(=S)N/N=C/c2ccc(N(C)C)cc2)cc1. The molecule has 0 aliphatic heterocycles. The third-order valence-corrected chi connectivity index (χ3v) is 3.76. The summed E-state index contributed by atoms with van der Waals surface area (Å²) in [5.74, 6) is 0. The third-order valence-electron chi connectivity index (χ3n) is 3.58. The van der Waals surface area contributed by atoms with Crippen molar-refractivity contribution in [2.45, 2.75) is 0 Å². The first-order chi connectivity index (χ1) is 12.5. The molecule has 2 N–H and O–H groups in total. The summed E-state index contributed by atoms with van der Waals surface area (Å²) in [6.45, 7) is 0. The van der Waals surface area contributed by atoms with Crippen LogP contribution in [-0.2, 0) is 0 Å². The van der Waals surface area contributed by atoms with Crippen molar-refractivity contribution in [1.29, 1.82) is 0 Å².